The Hall–Kier alpha value is -1.14. The van der Waals surface area contributed by atoms with Gasteiger partial charge in [-0.1, -0.05) is 13.8 Å². The molecule has 0 aromatic rings. The number of ether oxygens (including phenoxy) is 1. The molecule has 0 aromatic carbocycles. The summed E-state index contributed by atoms with van der Waals surface area (Å²) in [4.78, 5) is 26.0. The highest BCUT2D eigenvalue weighted by Crippen LogP contribution is 2.02. The van der Waals surface area contributed by atoms with E-state index in [2.05, 4.69) is 24.5 Å². The van der Waals surface area contributed by atoms with Gasteiger partial charge >= 0.3 is 0 Å². The number of carbonyl (C=O) groups excluding carboxylic acids is 2. The maximum atomic E-state index is 12.2. The molecule has 2 amide bonds. The molecule has 2 N–H and O–H groups in total. The van der Waals surface area contributed by atoms with Crippen LogP contribution in [-0.4, -0.2) is 61.6 Å². The Kier molecular flexibility index (Phi) is 7.67. The Morgan fingerprint density at radius 3 is 2.29 bits per heavy atom. The van der Waals surface area contributed by atoms with Crippen molar-refractivity contribution in [3.05, 3.63) is 0 Å². The molecule has 0 saturated carbocycles. The van der Waals surface area contributed by atoms with Crippen LogP contribution in [0, 0.1) is 5.92 Å². The fourth-order valence-electron chi connectivity index (χ4n) is 2.22. The van der Waals surface area contributed by atoms with E-state index in [1.165, 1.54) is 0 Å². The number of morpholine rings is 1. The molecule has 1 heterocycles. The third-order valence-corrected chi connectivity index (χ3v) is 3.61. The minimum Gasteiger partial charge on any atom is -0.378 e. The summed E-state index contributed by atoms with van der Waals surface area (Å²) in [6, 6.07) is -0.744. The molecule has 1 aliphatic heterocycles. The van der Waals surface area contributed by atoms with Crippen molar-refractivity contribution >= 4 is 11.8 Å². The molecule has 6 nitrogen and oxygen atoms in total. The van der Waals surface area contributed by atoms with E-state index < -0.39 is 0 Å². The molecular weight excluding hydrogens is 270 g/mol. The lowest BCUT2D eigenvalue weighted by Gasteiger charge is -2.30. The maximum absolute atomic E-state index is 12.2. The normalized spacial score (nSPS) is 18.4. The topological polar surface area (TPSA) is 70.7 Å². The van der Waals surface area contributed by atoms with Crippen molar-refractivity contribution in [2.45, 2.75) is 46.2 Å². The summed E-state index contributed by atoms with van der Waals surface area (Å²) >= 11 is 0. The van der Waals surface area contributed by atoms with E-state index in [4.69, 9.17) is 4.74 Å². The van der Waals surface area contributed by atoms with Gasteiger partial charge in [-0.05, 0) is 26.2 Å². The number of amides is 2. The van der Waals surface area contributed by atoms with E-state index in [0.717, 1.165) is 6.42 Å². The molecule has 2 unspecified atom stereocenters. The van der Waals surface area contributed by atoms with Gasteiger partial charge < -0.3 is 15.0 Å². The summed E-state index contributed by atoms with van der Waals surface area (Å²) in [5.74, 6) is 0.535. The number of carbonyl (C=O) groups is 2. The van der Waals surface area contributed by atoms with Crippen LogP contribution in [0.1, 0.15) is 34.1 Å². The number of hydrogen-bond acceptors (Lipinski definition) is 4. The fraction of sp³-hybridized carbons (Fsp3) is 0.867. The Morgan fingerprint density at radius 2 is 1.71 bits per heavy atom. The highest BCUT2D eigenvalue weighted by atomic mass is 16.5. The predicted molar refractivity (Wildman–Crippen MR) is 81.9 cm³/mol. The first-order valence-electron chi connectivity index (χ1n) is 7.82. The van der Waals surface area contributed by atoms with Crippen molar-refractivity contribution in [3.8, 4) is 0 Å². The van der Waals surface area contributed by atoms with Crippen molar-refractivity contribution < 1.29 is 14.3 Å². The summed E-state index contributed by atoms with van der Waals surface area (Å²) in [5.41, 5.74) is 0. The van der Waals surface area contributed by atoms with Gasteiger partial charge in [0.05, 0.1) is 25.3 Å². The fourth-order valence-corrected chi connectivity index (χ4v) is 2.22. The average molecular weight is 299 g/mol. The SMILES string of the molecule is CC(C)CCNC(=O)C(C)NC(C)C(=O)N1CCOCC1. The van der Waals surface area contributed by atoms with Crippen molar-refractivity contribution in [2.75, 3.05) is 32.8 Å². The molecule has 122 valence electrons. The highest BCUT2D eigenvalue weighted by molar-refractivity contribution is 5.84. The molecule has 0 bridgehead atoms. The van der Waals surface area contributed by atoms with Gasteiger partial charge in [-0.3, -0.25) is 14.9 Å². The van der Waals surface area contributed by atoms with Crippen LogP contribution in [0.3, 0.4) is 0 Å². The zero-order valence-electron chi connectivity index (χ0n) is 13.6. The number of nitrogens with one attached hydrogen (secondary N) is 2. The first-order chi connectivity index (χ1) is 9.91. The van der Waals surface area contributed by atoms with E-state index in [1.54, 1.807) is 18.7 Å². The third-order valence-electron chi connectivity index (χ3n) is 3.61. The number of rotatable bonds is 7. The van der Waals surface area contributed by atoms with Crippen LogP contribution in [0.4, 0.5) is 0 Å². The zero-order chi connectivity index (χ0) is 15.8. The minimum atomic E-state index is -0.378. The molecule has 1 fully saturated rings. The Balaban J connectivity index is 2.32. The Bertz CT molecular complexity index is 341. The van der Waals surface area contributed by atoms with Crippen LogP contribution < -0.4 is 10.6 Å². The average Bonchev–Trinajstić information content (AvgIpc) is 2.46. The second kappa shape index (κ2) is 9.00. The monoisotopic (exact) mass is 299 g/mol. The molecule has 0 spiro atoms. The van der Waals surface area contributed by atoms with Crippen LogP contribution in [0.2, 0.25) is 0 Å². The standard InChI is InChI=1S/C15H29N3O3/c1-11(2)5-6-16-14(19)12(3)17-13(4)15(20)18-7-9-21-10-8-18/h11-13,17H,5-10H2,1-4H3,(H,16,19). The van der Waals surface area contributed by atoms with E-state index in [-0.39, 0.29) is 23.9 Å². The second-order valence-corrected chi connectivity index (χ2v) is 6.02. The van der Waals surface area contributed by atoms with Gasteiger partial charge in [-0.25, -0.2) is 0 Å². The minimum absolute atomic E-state index is 0.0279. The van der Waals surface area contributed by atoms with Crippen LogP contribution in [0.25, 0.3) is 0 Å². The lowest BCUT2D eigenvalue weighted by molar-refractivity contribution is -0.137. The van der Waals surface area contributed by atoms with Gasteiger partial charge in [-0.15, -0.1) is 0 Å². The van der Waals surface area contributed by atoms with Crippen LogP contribution in [-0.2, 0) is 14.3 Å². The van der Waals surface area contributed by atoms with E-state index >= 15 is 0 Å². The molecule has 0 aromatic heterocycles. The Morgan fingerprint density at radius 1 is 1.10 bits per heavy atom. The van der Waals surface area contributed by atoms with Crippen LogP contribution >= 0.6 is 0 Å². The number of nitrogens with zero attached hydrogens (tertiary/aromatic N) is 1. The summed E-state index contributed by atoms with van der Waals surface area (Å²) in [6.45, 7) is 10.9. The lowest BCUT2D eigenvalue weighted by Crippen LogP contribution is -2.54. The van der Waals surface area contributed by atoms with E-state index in [0.29, 0.717) is 38.8 Å². The lowest BCUT2D eigenvalue weighted by atomic mass is 10.1. The van der Waals surface area contributed by atoms with Crippen LogP contribution in [0.15, 0.2) is 0 Å². The van der Waals surface area contributed by atoms with Gasteiger partial charge in [0, 0.05) is 19.6 Å². The first kappa shape index (κ1) is 17.9. The second-order valence-electron chi connectivity index (χ2n) is 6.02. The van der Waals surface area contributed by atoms with Gasteiger partial charge in [0.1, 0.15) is 0 Å². The zero-order valence-corrected chi connectivity index (χ0v) is 13.6. The van der Waals surface area contributed by atoms with E-state index in [1.807, 2.05) is 0 Å². The van der Waals surface area contributed by atoms with Gasteiger partial charge in [0.2, 0.25) is 11.8 Å². The smallest absolute Gasteiger partial charge is 0.239 e. The third kappa shape index (κ3) is 6.44. The summed E-state index contributed by atoms with van der Waals surface area (Å²) < 4.78 is 5.23. The molecule has 2 atom stereocenters. The molecular formula is C15H29N3O3. The van der Waals surface area contributed by atoms with Crippen molar-refractivity contribution in [2.24, 2.45) is 5.92 Å². The largest absolute Gasteiger partial charge is 0.378 e. The molecule has 21 heavy (non-hydrogen) atoms. The highest BCUT2D eigenvalue weighted by Gasteiger charge is 2.25. The van der Waals surface area contributed by atoms with Gasteiger partial charge in [0.25, 0.3) is 0 Å². The summed E-state index contributed by atoms with van der Waals surface area (Å²) in [7, 11) is 0. The summed E-state index contributed by atoms with van der Waals surface area (Å²) in [5, 5.41) is 5.96. The first-order valence-corrected chi connectivity index (χ1v) is 7.82. The van der Waals surface area contributed by atoms with Gasteiger partial charge in [-0.2, -0.15) is 0 Å². The molecule has 1 rings (SSSR count). The van der Waals surface area contributed by atoms with Crippen LogP contribution in [0.5, 0.6) is 0 Å². The summed E-state index contributed by atoms with van der Waals surface area (Å²) in [6.07, 6.45) is 0.959. The molecule has 1 saturated heterocycles. The Labute approximate surface area is 127 Å². The van der Waals surface area contributed by atoms with Crippen molar-refractivity contribution in [1.82, 2.24) is 15.5 Å². The van der Waals surface area contributed by atoms with Crippen molar-refractivity contribution in [3.63, 3.8) is 0 Å². The number of hydrogen-bond donors (Lipinski definition) is 2. The predicted octanol–water partition coefficient (Wildman–Crippen LogP) is 0.374. The van der Waals surface area contributed by atoms with Crippen molar-refractivity contribution in [1.29, 1.82) is 0 Å². The maximum Gasteiger partial charge on any atom is 0.239 e. The van der Waals surface area contributed by atoms with E-state index in [9.17, 15) is 9.59 Å². The molecule has 6 heteroatoms. The molecule has 0 radical (unpaired) electrons. The molecule has 1 aliphatic rings. The molecule has 0 aliphatic carbocycles. The van der Waals surface area contributed by atoms with Gasteiger partial charge in [0.15, 0.2) is 0 Å². The quantitative estimate of drug-likeness (QED) is 0.713.